The molecular weight excluding hydrogens is 124 g/mol. The fraction of sp³-hybridized carbons (Fsp3) is 1.00. The van der Waals surface area contributed by atoms with Crippen LogP contribution in [0.5, 0.6) is 0 Å². The lowest BCUT2D eigenvalue weighted by molar-refractivity contribution is -0.132. The minimum atomic E-state index is -1.11. The van der Waals surface area contributed by atoms with Gasteiger partial charge >= 0.3 is 0 Å². The molecular formula is C5H10O4. The first-order valence-electron chi connectivity index (χ1n) is 2.86. The van der Waals surface area contributed by atoms with Crippen molar-refractivity contribution < 1.29 is 20.1 Å². The van der Waals surface area contributed by atoms with E-state index in [0.29, 0.717) is 6.42 Å². The minimum Gasteiger partial charge on any atom is -0.394 e. The lowest BCUT2D eigenvalue weighted by atomic mass is 10.2. The summed E-state index contributed by atoms with van der Waals surface area (Å²) in [5.74, 6) is 0. The first kappa shape index (κ1) is 6.95. The largest absolute Gasteiger partial charge is 0.394 e. The molecule has 4 heteroatoms. The number of ether oxygens (including phenoxy) is 1. The molecule has 0 aromatic rings. The summed E-state index contributed by atoms with van der Waals surface area (Å²) in [5, 5.41) is 26.0. The maximum atomic E-state index is 8.81. The lowest BCUT2D eigenvalue weighted by Crippen LogP contribution is -2.19. The third-order valence-corrected chi connectivity index (χ3v) is 1.37. The van der Waals surface area contributed by atoms with E-state index in [4.69, 9.17) is 15.3 Å². The van der Waals surface area contributed by atoms with Crippen molar-refractivity contribution in [2.24, 2.45) is 0 Å². The first-order valence-corrected chi connectivity index (χ1v) is 2.86. The molecule has 1 aliphatic rings. The summed E-state index contributed by atoms with van der Waals surface area (Å²) >= 11 is 0. The van der Waals surface area contributed by atoms with E-state index in [1.54, 1.807) is 0 Å². The van der Waals surface area contributed by atoms with E-state index in [1.807, 2.05) is 0 Å². The molecule has 4 nitrogen and oxygen atoms in total. The average molecular weight is 134 g/mol. The van der Waals surface area contributed by atoms with Crippen LogP contribution < -0.4 is 0 Å². The number of hydrogen-bond donors (Lipinski definition) is 3. The standard InChI is InChI=1S/C5H10O4/c6-2-3-1-4(7)5(8)9-3/h3-8H,1-2H2/t3-,4-,5?/m0/s1. The molecule has 0 aromatic heterocycles. The fourth-order valence-corrected chi connectivity index (χ4v) is 0.847. The van der Waals surface area contributed by atoms with Crippen LogP contribution in [0.15, 0.2) is 0 Å². The van der Waals surface area contributed by atoms with Crippen LogP contribution in [0.3, 0.4) is 0 Å². The second-order valence-electron chi connectivity index (χ2n) is 2.13. The van der Waals surface area contributed by atoms with Crippen LogP contribution in [0, 0.1) is 0 Å². The molecule has 9 heavy (non-hydrogen) atoms. The molecule has 1 unspecified atom stereocenters. The smallest absolute Gasteiger partial charge is 0.181 e. The quantitative estimate of drug-likeness (QED) is 0.406. The molecule has 3 atom stereocenters. The highest BCUT2D eigenvalue weighted by molar-refractivity contribution is 4.74. The summed E-state index contributed by atoms with van der Waals surface area (Å²) in [7, 11) is 0. The van der Waals surface area contributed by atoms with Gasteiger partial charge in [-0.05, 0) is 0 Å². The van der Waals surface area contributed by atoms with Crippen LogP contribution in [0.2, 0.25) is 0 Å². The molecule has 0 saturated carbocycles. The van der Waals surface area contributed by atoms with Gasteiger partial charge in [0.15, 0.2) is 6.29 Å². The summed E-state index contributed by atoms with van der Waals surface area (Å²) in [6.07, 6.45) is -2.02. The lowest BCUT2D eigenvalue weighted by Gasteiger charge is -2.04. The van der Waals surface area contributed by atoms with Crippen LogP contribution in [-0.4, -0.2) is 40.4 Å². The zero-order valence-corrected chi connectivity index (χ0v) is 4.90. The Balaban J connectivity index is 2.35. The zero-order chi connectivity index (χ0) is 6.85. The van der Waals surface area contributed by atoms with Crippen LogP contribution in [-0.2, 0) is 4.74 Å². The normalized spacial score (nSPS) is 43.7. The van der Waals surface area contributed by atoms with Crippen molar-refractivity contribution >= 4 is 0 Å². The molecule has 54 valence electrons. The van der Waals surface area contributed by atoms with Gasteiger partial charge in [0, 0.05) is 6.42 Å². The summed E-state index contributed by atoms with van der Waals surface area (Å²) in [6.45, 7) is -0.145. The Morgan fingerprint density at radius 2 is 2.11 bits per heavy atom. The van der Waals surface area contributed by atoms with Crippen molar-refractivity contribution in [2.45, 2.75) is 24.9 Å². The van der Waals surface area contributed by atoms with Gasteiger partial charge in [0.05, 0.1) is 12.7 Å². The van der Waals surface area contributed by atoms with Gasteiger partial charge in [-0.3, -0.25) is 0 Å². The summed E-state index contributed by atoms with van der Waals surface area (Å²) in [5.41, 5.74) is 0. The third kappa shape index (κ3) is 1.40. The number of aliphatic hydroxyl groups is 3. The van der Waals surface area contributed by atoms with Gasteiger partial charge in [0.25, 0.3) is 0 Å². The van der Waals surface area contributed by atoms with Crippen LogP contribution in [0.25, 0.3) is 0 Å². The molecule has 1 saturated heterocycles. The molecule has 0 aliphatic carbocycles. The number of rotatable bonds is 1. The predicted octanol–water partition coefficient (Wildman–Crippen LogP) is -1.55. The average Bonchev–Trinajstić information content (AvgIpc) is 2.13. The van der Waals surface area contributed by atoms with E-state index in [0.717, 1.165) is 0 Å². The summed E-state index contributed by atoms with van der Waals surface area (Å²) < 4.78 is 4.68. The highest BCUT2D eigenvalue weighted by Crippen LogP contribution is 2.17. The maximum Gasteiger partial charge on any atom is 0.181 e. The van der Waals surface area contributed by atoms with E-state index in [2.05, 4.69) is 4.74 Å². The minimum absolute atomic E-state index is 0.145. The second-order valence-corrected chi connectivity index (χ2v) is 2.13. The molecule has 1 rings (SSSR count). The first-order chi connectivity index (χ1) is 4.24. The van der Waals surface area contributed by atoms with Gasteiger partial charge in [0.1, 0.15) is 6.10 Å². The van der Waals surface area contributed by atoms with Crippen molar-refractivity contribution in [3.8, 4) is 0 Å². The molecule has 1 fully saturated rings. The Hall–Kier alpha value is -0.160. The van der Waals surface area contributed by atoms with Gasteiger partial charge in [0.2, 0.25) is 0 Å². The molecule has 0 spiro atoms. The monoisotopic (exact) mass is 134 g/mol. The zero-order valence-electron chi connectivity index (χ0n) is 4.90. The van der Waals surface area contributed by atoms with Gasteiger partial charge in [-0.25, -0.2) is 0 Å². The van der Waals surface area contributed by atoms with Crippen molar-refractivity contribution in [1.82, 2.24) is 0 Å². The van der Waals surface area contributed by atoms with E-state index in [9.17, 15) is 0 Å². The highest BCUT2D eigenvalue weighted by Gasteiger charge is 2.31. The van der Waals surface area contributed by atoms with Crippen molar-refractivity contribution in [1.29, 1.82) is 0 Å². The number of aliphatic hydroxyl groups excluding tert-OH is 3. The van der Waals surface area contributed by atoms with Gasteiger partial charge in [-0.15, -0.1) is 0 Å². The Morgan fingerprint density at radius 3 is 2.33 bits per heavy atom. The molecule has 0 aromatic carbocycles. The fourth-order valence-electron chi connectivity index (χ4n) is 0.847. The highest BCUT2D eigenvalue weighted by atomic mass is 16.6. The van der Waals surface area contributed by atoms with Crippen molar-refractivity contribution in [3.05, 3.63) is 0 Å². The molecule has 0 amide bonds. The van der Waals surface area contributed by atoms with Crippen molar-refractivity contribution in [2.75, 3.05) is 6.61 Å². The molecule has 0 radical (unpaired) electrons. The Kier molecular flexibility index (Phi) is 2.02. The topological polar surface area (TPSA) is 69.9 Å². The molecule has 1 heterocycles. The molecule has 1 aliphatic heterocycles. The van der Waals surface area contributed by atoms with Gasteiger partial charge < -0.3 is 20.1 Å². The molecule has 3 N–H and O–H groups in total. The summed E-state index contributed by atoms with van der Waals surface area (Å²) in [4.78, 5) is 0. The van der Waals surface area contributed by atoms with Crippen LogP contribution in [0.4, 0.5) is 0 Å². The van der Waals surface area contributed by atoms with Gasteiger partial charge in [-0.2, -0.15) is 0 Å². The van der Waals surface area contributed by atoms with E-state index < -0.39 is 18.5 Å². The Morgan fingerprint density at radius 1 is 1.44 bits per heavy atom. The van der Waals surface area contributed by atoms with E-state index in [-0.39, 0.29) is 6.61 Å². The van der Waals surface area contributed by atoms with Gasteiger partial charge in [-0.1, -0.05) is 0 Å². The van der Waals surface area contributed by atoms with E-state index >= 15 is 0 Å². The maximum absolute atomic E-state index is 8.81. The van der Waals surface area contributed by atoms with E-state index in [1.165, 1.54) is 0 Å². The number of hydrogen-bond acceptors (Lipinski definition) is 4. The second kappa shape index (κ2) is 2.62. The molecule has 0 bridgehead atoms. The SMILES string of the molecule is OC[C@@H]1C[C@H](O)C(O)O1. The Bertz CT molecular complexity index is 85.0. The summed E-state index contributed by atoms with van der Waals surface area (Å²) in [6, 6.07) is 0. The van der Waals surface area contributed by atoms with Crippen molar-refractivity contribution in [3.63, 3.8) is 0 Å². The predicted molar refractivity (Wildman–Crippen MR) is 28.6 cm³/mol. The van der Waals surface area contributed by atoms with Crippen LogP contribution in [0.1, 0.15) is 6.42 Å². The third-order valence-electron chi connectivity index (χ3n) is 1.37. The van der Waals surface area contributed by atoms with Crippen LogP contribution >= 0.6 is 0 Å². The Labute approximate surface area is 52.7 Å².